The number of hydrogen-bond donors (Lipinski definition) is 1. The summed E-state index contributed by atoms with van der Waals surface area (Å²) in [6.45, 7) is 0. The molecule has 0 radical (unpaired) electrons. The molecule has 4 aromatic carbocycles. The van der Waals surface area contributed by atoms with Gasteiger partial charge in [0.2, 0.25) is 5.16 Å². The van der Waals surface area contributed by atoms with Gasteiger partial charge in [0, 0.05) is 21.5 Å². The molecule has 7 aromatic rings. The first-order valence-electron chi connectivity index (χ1n) is 13.1. The van der Waals surface area contributed by atoms with E-state index in [1.54, 1.807) is 17.4 Å². The maximum atomic E-state index is 13.6. The normalized spacial score (nSPS) is 11.2. The zero-order chi connectivity index (χ0) is 28.5. The molecule has 0 atom stereocenters. The Labute approximate surface area is 254 Å². The third-order valence-electron chi connectivity index (χ3n) is 6.64. The van der Waals surface area contributed by atoms with Crippen LogP contribution in [0.2, 0.25) is 5.02 Å². The van der Waals surface area contributed by atoms with Gasteiger partial charge in [-0.25, -0.2) is 0 Å². The third kappa shape index (κ3) is 5.12. The summed E-state index contributed by atoms with van der Waals surface area (Å²) in [5, 5.41) is 13.1. The average molecular weight is 605 g/mol. The second-order valence-corrected chi connectivity index (χ2v) is 11.7. The van der Waals surface area contributed by atoms with Crippen LogP contribution in [0.1, 0.15) is 0 Å². The van der Waals surface area contributed by atoms with Crippen LogP contribution in [0.15, 0.2) is 135 Å². The Kier molecular flexibility index (Phi) is 7.09. The summed E-state index contributed by atoms with van der Waals surface area (Å²) < 4.78 is 7.98. The molecule has 1 N–H and O–H groups in total. The maximum Gasteiger partial charge on any atom is 0.263 e. The van der Waals surface area contributed by atoms with E-state index in [9.17, 15) is 4.79 Å². The summed E-state index contributed by atoms with van der Waals surface area (Å²) in [4.78, 5) is 18.1. The predicted octanol–water partition coefficient (Wildman–Crippen LogP) is 9.10. The van der Waals surface area contributed by atoms with Crippen molar-refractivity contribution in [2.45, 2.75) is 10.1 Å². The smallest absolute Gasteiger partial charge is 0.263 e. The fourth-order valence-corrected chi connectivity index (χ4v) is 6.64. The Morgan fingerprint density at radius 3 is 2.29 bits per heavy atom. The second-order valence-electron chi connectivity index (χ2n) is 9.34. The van der Waals surface area contributed by atoms with Crippen molar-refractivity contribution in [3.63, 3.8) is 0 Å². The van der Waals surface area contributed by atoms with E-state index < -0.39 is 0 Å². The summed E-state index contributed by atoms with van der Waals surface area (Å²) in [6.07, 6.45) is 0. The first-order chi connectivity index (χ1) is 20.6. The van der Waals surface area contributed by atoms with Crippen LogP contribution in [0.4, 0.5) is 0 Å². The molecule has 3 heterocycles. The molecule has 0 aliphatic rings. The highest BCUT2D eigenvalue weighted by Crippen LogP contribution is 2.40. The number of nitrogens with zero attached hydrogens (tertiary/aromatic N) is 3. The molecule has 0 fully saturated rings. The fraction of sp³-hybridized carbons (Fsp3) is 0. The van der Waals surface area contributed by atoms with Gasteiger partial charge in [0.25, 0.3) is 5.56 Å². The molecule has 42 heavy (non-hydrogen) atoms. The molecule has 0 bridgehead atoms. The number of rotatable bonds is 7. The summed E-state index contributed by atoms with van der Waals surface area (Å²) in [7, 11) is 0. The lowest BCUT2D eigenvalue weighted by Gasteiger charge is -2.14. The van der Waals surface area contributed by atoms with Gasteiger partial charge in [-0.3, -0.25) is 9.36 Å². The Morgan fingerprint density at radius 2 is 1.55 bits per heavy atom. The molecule has 0 aliphatic heterocycles. The van der Waals surface area contributed by atoms with E-state index in [0.29, 0.717) is 32.2 Å². The highest BCUT2D eigenvalue weighted by Gasteiger charge is 2.22. The number of aromatic amines is 1. The standard InChI is InChI=1S/C33H21ClN4O2S2/c34-22-13-18-27-26(20-22)29(21-8-3-1-4-9-21)30(32(39)35-27)42-33-37-36-31(28-12-7-19-41-28)38(33)23-14-16-25(17-15-23)40-24-10-5-2-6-11-24/h1-20H,(H,35,39). The highest BCUT2D eigenvalue weighted by atomic mass is 35.5. The van der Waals surface area contributed by atoms with Crippen molar-refractivity contribution in [1.82, 2.24) is 19.7 Å². The number of ether oxygens (including phenoxy) is 1. The Morgan fingerprint density at radius 1 is 0.810 bits per heavy atom. The zero-order valence-corrected chi connectivity index (χ0v) is 24.3. The molecule has 0 unspecified atom stereocenters. The van der Waals surface area contributed by atoms with Crippen LogP contribution >= 0.6 is 34.7 Å². The largest absolute Gasteiger partial charge is 0.457 e. The van der Waals surface area contributed by atoms with Gasteiger partial charge >= 0.3 is 0 Å². The van der Waals surface area contributed by atoms with E-state index >= 15 is 0 Å². The van der Waals surface area contributed by atoms with E-state index in [-0.39, 0.29) is 5.56 Å². The van der Waals surface area contributed by atoms with Gasteiger partial charge in [0.1, 0.15) is 11.5 Å². The van der Waals surface area contributed by atoms with Crippen molar-refractivity contribution < 1.29 is 4.74 Å². The lowest BCUT2D eigenvalue weighted by Crippen LogP contribution is -2.11. The van der Waals surface area contributed by atoms with E-state index in [4.69, 9.17) is 16.3 Å². The lowest BCUT2D eigenvalue weighted by atomic mass is 10.0. The van der Waals surface area contributed by atoms with Gasteiger partial charge in [-0.15, -0.1) is 21.5 Å². The fourth-order valence-electron chi connectivity index (χ4n) is 4.75. The molecule has 0 saturated carbocycles. The van der Waals surface area contributed by atoms with Crippen molar-refractivity contribution in [2.75, 3.05) is 0 Å². The Hall–Kier alpha value is -4.63. The highest BCUT2D eigenvalue weighted by molar-refractivity contribution is 7.99. The minimum absolute atomic E-state index is 0.215. The van der Waals surface area contributed by atoms with E-state index in [1.165, 1.54) is 11.8 Å². The van der Waals surface area contributed by atoms with Crippen LogP contribution < -0.4 is 10.3 Å². The molecule has 6 nitrogen and oxygen atoms in total. The van der Waals surface area contributed by atoms with Gasteiger partial charge in [0.05, 0.1) is 15.5 Å². The van der Waals surface area contributed by atoms with E-state index in [2.05, 4.69) is 15.2 Å². The monoisotopic (exact) mass is 604 g/mol. The van der Waals surface area contributed by atoms with Crippen LogP contribution in [0.5, 0.6) is 11.5 Å². The van der Waals surface area contributed by atoms with Gasteiger partial charge in [0.15, 0.2) is 5.82 Å². The van der Waals surface area contributed by atoms with Crippen molar-refractivity contribution >= 4 is 45.6 Å². The Balaban J connectivity index is 1.37. The minimum atomic E-state index is -0.215. The summed E-state index contributed by atoms with van der Waals surface area (Å²) in [5.41, 5.74) is 3.04. The number of benzene rings is 4. The average Bonchev–Trinajstić information content (AvgIpc) is 3.70. The van der Waals surface area contributed by atoms with Crippen LogP contribution in [0, 0.1) is 0 Å². The van der Waals surface area contributed by atoms with Crippen molar-refractivity contribution in [2.24, 2.45) is 0 Å². The van der Waals surface area contributed by atoms with Crippen LogP contribution in [0.3, 0.4) is 0 Å². The maximum absolute atomic E-state index is 13.6. The SMILES string of the molecule is O=c1[nH]c2ccc(Cl)cc2c(-c2ccccc2)c1Sc1nnc(-c2cccs2)n1-c1ccc(Oc2ccccc2)cc1. The van der Waals surface area contributed by atoms with Crippen molar-refractivity contribution in [3.8, 4) is 39.0 Å². The number of para-hydroxylation sites is 1. The van der Waals surface area contributed by atoms with Crippen LogP contribution in [-0.4, -0.2) is 19.7 Å². The molecule has 9 heteroatoms. The number of fused-ring (bicyclic) bond motifs is 1. The molecule has 7 rings (SSSR count). The number of nitrogens with one attached hydrogen (secondary N) is 1. The van der Waals surface area contributed by atoms with Gasteiger partial charge < -0.3 is 9.72 Å². The number of thiophene rings is 1. The van der Waals surface area contributed by atoms with E-state index in [0.717, 1.165) is 32.8 Å². The first-order valence-corrected chi connectivity index (χ1v) is 15.1. The molecule has 0 saturated heterocycles. The van der Waals surface area contributed by atoms with Crippen molar-refractivity contribution in [1.29, 1.82) is 0 Å². The minimum Gasteiger partial charge on any atom is -0.457 e. The molecule has 0 spiro atoms. The van der Waals surface area contributed by atoms with Gasteiger partial charge in [-0.1, -0.05) is 66.2 Å². The zero-order valence-electron chi connectivity index (χ0n) is 21.9. The lowest BCUT2D eigenvalue weighted by molar-refractivity contribution is 0.482. The van der Waals surface area contributed by atoms with Crippen molar-refractivity contribution in [3.05, 3.63) is 136 Å². The number of pyridine rings is 1. The topological polar surface area (TPSA) is 72.8 Å². The second kappa shape index (κ2) is 11.3. The van der Waals surface area contributed by atoms with Crippen LogP contribution in [0.25, 0.3) is 38.4 Å². The number of hydrogen-bond acceptors (Lipinski definition) is 6. The van der Waals surface area contributed by atoms with E-state index in [1.807, 2.05) is 119 Å². The summed E-state index contributed by atoms with van der Waals surface area (Å²) in [6, 6.07) is 36.7. The van der Waals surface area contributed by atoms with Gasteiger partial charge in [-0.05, 0) is 83.4 Å². The number of halogens is 1. The number of aromatic nitrogens is 4. The quantitative estimate of drug-likeness (QED) is 0.196. The first kappa shape index (κ1) is 26.3. The summed E-state index contributed by atoms with van der Waals surface area (Å²) >= 11 is 9.28. The molecule has 0 amide bonds. The molecule has 3 aromatic heterocycles. The molecule has 0 aliphatic carbocycles. The predicted molar refractivity (Wildman–Crippen MR) is 170 cm³/mol. The molecular weight excluding hydrogens is 584 g/mol. The molecular formula is C33H21ClN4O2S2. The third-order valence-corrected chi connectivity index (χ3v) is 8.78. The summed E-state index contributed by atoms with van der Waals surface area (Å²) in [5.74, 6) is 2.15. The van der Waals surface area contributed by atoms with Crippen LogP contribution in [-0.2, 0) is 0 Å². The van der Waals surface area contributed by atoms with Gasteiger partial charge in [-0.2, -0.15) is 0 Å². The molecule has 204 valence electrons. The number of H-pyrrole nitrogens is 1. The Bertz CT molecular complexity index is 2060.